The first-order valence-corrected chi connectivity index (χ1v) is 6.16. The Morgan fingerprint density at radius 1 is 1.06 bits per heavy atom. The number of aromatic hydroxyl groups is 1. The van der Waals surface area contributed by atoms with Crippen molar-refractivity contribution >= 4 is 6.08 Å². The Kier molecular flexibility index (Phi) is 3.33. The van der Waals surface area contributed by atoms with Gasteiger partial charge in [-0.1, -0.05) is 50.5 Å². The molecule has 86 valence electrons. The lowest BCUT2D eigenvalue weighted by atomic mass is 9.75. The van der Waals surface area contributed by atoms with Crippen molar-refractivity contribution in [3.63, 3.8) is 0 Å². The van der Waals surface area contributed by atoms with E-state index < -0.39 is 0 Å². The second-order valence-corrected chi connectivity index (χ2v) is 5.14. The highest BCUT2D eigenvalue weighted by atomic mass is 16.3. The van der Waals surface area contributed by atoms with Crippen molar-refractivity contribution in [2.45, 2.75) is 39.0 Å². The fourth-order valence-corrected chi connectivity index (χ4v) is 2.41. The van der Waals surface area contributed by atoms with E-state index in [-0.39, 0.29) is 0 Å². The molecule has 1 aliphatic rings. The van der Waals surface area contributed by atoms with Gasteiger partial charge in [-0.2, -0.15) is 0 Å². The van der Waals surface area contributed by atoms with E-state index in [1.165, 1.54) is 37.7 Å². The van der Waals surface area contributed by atoms with Crippen molar-refractivity contribution in [2.24, 2.45) is 5.41 Å². The maximum absolute atomic E-state index is 9.20. The third kappa shape index (κ3) is 2.88. The number of benzene rings is 1. The average molecular weight is 216 g/mol. The molecule has 16 heavy (non-hydrogen) atoms. The summed E-state index contributed by atoms with van der Waals surface area (Å²) in [6, 6.07) is 7.39. The van der Waals surface area contributed by atoms with Gasteiger partial charge in [-0.3, -0.25) is 0 Å². The van der Waals surface area contributed by atoms with Gasteiger partial charge in [-0.05, 0) is 36.0 Å². The first kappa shape index (κ1) is 11.3. The molecule has 0 radical (unpaired) electrons. The third-order valence-corrected chi connectivity index (χ3v) is 3.57. The summed E-state index contributed by atoms with van der Waals surface area (Å²) in [5, 5.41) is 9.20. The van der Waals surface area contributed by atoms with Crippen LogP contribution < -0.4 is 0 Å². The maximum atomic E-state index is 9.20. The lowest BCUT2D eigenvalue weighted by molar-refractivity contribution is 0.287. The minimum atomic E-state index is 0.334. The molecule has 0 bridgehead atoms. The third-order valence-electron chi connectivity index (χ3n) is 3.57. The van der Waals surface area contributed by atoms with Gasteiger partial charge in [0.15, 0.2) is 0 Å². The van der Waals surface area contributed by atoms with Gasteiger partial charge in [0.25, 0.3) is 0 Å². The van der Waals surface area contributed by atoms with Crippen LogP contribution in [0.4, 0.5) is 0 Å². The van der Waals surface area contributed by atoms with Crippen LogP contribution in [0.25, 0.3) is 6.08 Å². The summed E-state index contributed by atoms with van der Waals surface area (Å²) in [6.07, 6.45) is 11.3. The first-order chi connectivity index (χ1) is 7.68. The summed E-state index contributed by atoms with van der Waals surface area (Å²) in [4.78, 5) is 0. The Morgan fingerprint density at radius 2 is 1.69 bits per heavy atom. The van der Waals surface area contributed by atoms with Crippen LogP contribution in [0.3, 0.4) is 0 Å². The Bertz CT molecular complexity index is 356. The van der Waals surface area contributed by atoms with Crippen LogP contribution in [0.2, 0.25) is 0 Å². The van der Waals surface area contributed by atoms with Crippen LogP contribution in [-0.4, -0.2) is 5.11 Å². The number of rotatable bonds is 2. The highest BCUT2D eigenvalue weighted by Crippen LogP contribution is 2.37. The molecular formula is C15H20O. The molecule has 1 nitrogen and oxygen atoms in total. The van der Waals surface area contributed by atoms with E-state index in [1.54, 1.807) is 12.1 Å². The Hall–Kier alpha value is -1.24. The van der Waals surface area contributed by atoms with Gasteiger partial charge in [0.2, 0.25) is 0 Å². The van der Waals surface area contributed by atoms with Gasteiger partial charge < -0.3 is 5.11 Å². The predicted molar refractivity (Wildman–Crippen MR) is 68.3 cm³/mol. The minimum Gasteiger partial charge on any atom is -0.508 e. The van der Waals surface area contributed by atoms with Crippen LogP contribution in [0.1, 0.15) is 44.6 Å². The number of phenolic OH excluding ortho intramolecular Hbond substituents is 1. The van der Waals surface area contributed by atoms with Crippen LogP contribution in [-0.2, 0) is 0 Å². The highest BCUT2D eigenvalue weighted by molar-refractivity contribution is 5.51. The zero-order valence-corrected chi connectivity index (χ0v) is 9.95. The van der Waals surface area contributed by atoms with Gasteiger partial charge in [0.1, 0.15) is 5.75 Å². The van der Waals surface area contributed by atoms with E-state index in [1.807, 2.05) is 12.1 Å². The summed E-state index contributed by atoms with van der Waals surface area (Å²) in [7, 11) is 0. The first-order valence-electron chi connectivity index (χ1n) is 6.16. The van der Waals surface area contributed by atoms with Gasteiger partial charge >= 0.3 is 0 Å². The van der Waals surface area contributed by atoms with Crippen molar-refractivity contribution in [2.75, 3.05) is 0 Å². The zero-order valence-electron chi connectivity index (χ0n) is 9.95. The van der Waals surface area contributed by atoms with Crippen molar-refractivity contribution in [3.8, 4) is 5.75 Å². The van der Waals surface area contributed by atoms with Crippen molar-refractivity contribution in [3.05, 3.63) is 35.9 Å². The summed E-state index contributed by atoms with van der Waals surface area (Å²) in [6.45, 7) is 2.35. The Balaban J connectivity index is 2.05. The standard InChI is InChI=1S/C15H20O/c1-15(10-3-2-4-11-15)12-9-13-5-7-14(16)8-6-13/h5-9,12,16H,2-4,10-11H2,1H3. The summed E-state index contributed by atoms with van der Waals surface area (Å²) >= 11 is 0. The van der Waals surface area contributed by atoms with E-state index in [4.69, 9.17) is 0 Å². The molecule has 1 saturated carbocycles. The van der Waals surface area contributed by atoms with Crippen LogP contribution in [0.15, 0.2) is 30.3 Å². The highest BCUT2D eigenvalue weighted by Gasteiger charge is 2.23. The minimum absolute atomic E-state index is 0.334. The quantitative estimate of drug-likeness (QED) is 0.778. The van der Waals surface area contributed by atoms with Crippen LogP contribution >= 0.6 is 0 Å². The Morgan fingerprint density at radius 3 is 2.31 bits per heavy atom. The van der Waals surface area contributed by atoms with E-state index in [0.717, 1.165) is 0 Å². The fraction of sp³-hybridized carbons (Fsp3) is 0.467. The molecule has 1 aromatic carbocycles. The van der Waals surface area contributed by atoms with Crippen molar-refractivity contribution in [1.29, 1.82) is 0 Å². The van der Waals surface area contributed by atoms with Crippen LogP contribution in [0, 0.1) is 5.41 Å². The topological polar surface area (TPSA) is 20.2 Å². The van der Waals surface area contributed by atoms with E-state index in [0.29, 0.717) is 11.2 Å². The lowest BCUT2D eigenvalue weighted by Crippen LogP contribution is -2.16. The number of allylic oxidation sites excluding steroid dienone is 1. The average Bonchev–Trinajstić information content (AvgIpc) is 2.29. The van der Waals surface area contributed by atoms with Crippen molar-refractivity contribution < 1.29 is 5.11 Å². The molecule has 1 fully saturated rings. The van der Waals surface area contributed by atoms with Gasteiger partial charge in [0, 0.05) is 0 Å². The molecule has 1 heteroatoms. The van der Waals surface area contributed by atoms with E-state index in [2.05, 4.69) is 19.1 Å². The van der Waals surface area contributed by atoms with Gasteiger partial charge in [-0.15, -0.1) is 0 Å². The molecule has 0 unspecified atom stereocenters. The lowest BCUT2D eigenvalue weighted by Gasteiger charge is -2.30. The molecule has 1 aromatic rings. The van der Waals surface area contributed by atoms with E-state index >= 15 is 0 Å². The van der Waals surface area contributed by atoms with Crippen molar-refractivity contribution in [1.82, 2.24) is 0 Å². The maximum Gasteiger partial charge on any atom is 0.115 e. The fourth-order valence-electron chi connectivity index (χ4n) is 2.41. The van der Waals surface area contributed by atoms with E-state index in [9.17, 15) is 5.11 Å². The SMILES string of the molecule is CC1(C=Cc2ccc(O)cc2)CCCCC1. The molecule has 0 heterocycles. The predicted octanol–water partition coefficient (Wildman–Crippen LogP) is 4.38. The molecule has 1 N–H and O–H groups in total. The molecule has 0 aliphatic heterocycles. The smallest absolute Gasteiger partial charge is 0.115 e. The molecule has 0 spiro atoms. The summed E-state index contributed by atoms with van der Waals surface area (Å²) in [5.41, 5.74) is 1.56. The molecule has 0 atom stereocenters. The van der Waals surface area contributed by atoms with Crippen LogP contribution in [0.5, 0.6) is 5.75 Å². The molecular weight excluding hydrogens is 196 g/mol. The molecule has 2 rings (SSSR count). The zero-order chi connectivity index (χ0) is 11.4. The number of phenols is 1. The molecule has 1 aliphatic carbocycles. The molecule has 0 saturated heterocycles. The number of hydrogen-bond donors (Lipinski definition) is 1. The normalized spacial score (nSPS) is 20.1. The number of hydrogen-bond acceptors (Lipinski definition) is 1. The second-order valence-electron chi connectivity index (χ2n) is 5.14. The summed E-state index contributed by atoms with van der Waals surface area (Å²) in [5.74, 6) is 0.334. The molecule has 0 aromatic heterocycles. The second kappa shape index (κ2) is 4.73. The Labute approximate surface area is 97.8 Å². The monoisotopic (exact) mass is 216 g/mol. The summed E-state index contributed by atoms with van der Waals surface area (Å²) < 4.78 is 0. The molecule has 0 amide bonds. The largest absolute Gasteiger partial charge is 0.508 e. The van der Waals surface area contributed by atoms with Gasteiger partial charge in [0.05, 0.1) is 0 Å². The van der Waals surface area contributed by atoms with Gasteiger partial charge in [-0.25, -0.2) is 0 Å².